The van der Waals surface area contributed by atoms with Crippen molar-refractivity contribution in [2.45, 2.75) is 303 Å². The second-order valence-corrected chi connectivity index (χ2v) is 30.5. The predicted octanol–water partition coefficient (Wildman–Crippen LogP) is -5.28. The molecule has 0 amide bonds. The van der Waals surface area contributed by atoms with E-state index in [9.17, 15) is 97.0 Å². The molecule has 31 nitrogen and oxygen atoms in total. The van der Waals surface area contributed by atoms with Crippen LogP contribution in [0.15, 0.2) is 11.6 Å². The summed E-state index contributed by atoms with van der Waals surface area (Å²) in [6.07, 6.45) is -41.5. The van der Waals surface area contributed by atoms with Crippen LogP contribution in [0.25, 0.3) is 0 Å². The van der Waals surface area contributed by atoms with Crippen molar-refractivity contribution in [3.63, 3.8) is 0 Å². The van der Waals surface area contributed by atoms with Gasteiger partial charge in [-0.25, -0.2) is 0 Å². The van der Waals surface area contributed by atoms with Crippen LogP contribution in [-0.2, 0) is 56.8 Å². The SMILES string of the molecule is CC(C)=CCC[C@](C)(O[C@@H]1O[C@H](CO[C@@H]2O[C@H](CO)[C@@H](O)[C@H](O[C@@H]3OC[C@@H](O)[C@H](O)[C@H]3O)[C@H]2O)[C@@H](O)[C@H](O)[C@H]1O)[C@H]1CC[C@]2(C)[C@@H]1[C@H](O)C[C@@H]1[C@@]3(C)CC[C@H](O[C@@H]4O[C@H](CO)[C@@H](O)[C@H](O)[C@H]4O[C@@H]4O[C@H](CO)[C@@H](O)[C@H](O)[C@H]4O[C@@H]4OC[C@@H](O)[C@H](O)[C@H]4O)C(C)(C)[C@H]3CC[C@]12C. The topological polar surface area (TPSA) is 495 Å². The number of ether oxygens (including phenoxy) is 12. The molecule has 550 valence electrons. The molecule has 10 fully saturated rings. The summed E-state index contributed by atoms with van der Waals surface area (Å²) in [7, 11) is 0. The zero-order valence-corrected chi connectivity index (χ0v) is 55.2. The lowest BCUT2D eigenvalue weighted by Gasteiger charge is -2.71. The Morgan fingerprint density at radius 1 is 0.463 bits per heavy atom. The van der Waals surface area contributed by atoms with Crippen molar-refractivity contribution in [3.8, 4) is 0 Å². The second kappa shape index (κ2) is 29.7. The van der Waals surface area contributed by atoms with Gasteiger partial charge >= 0.3 is 0 Å². The van der Waals surface area contributed by atoms with Crippen molar-refractivity contribution in [2.24, 2.45) is 45.3 Å². The van der Waals surface area contributed by atoms with Crippen LogP contribution < -0.4 is 0 Å². The Morgan fingerprint density at radius 2 is 0.947 bits per heavy atom. The number of aliphatic hydroxyl groups is 19. The van der Waals surface area contributed by atoms with Gasteiger partial charge in [0.1, 0.15) is 134 Å². The van der Waals surface area contributed by atoms with Gasteiger partial charge in [-0.3, -0.25) is 0 Å². The normalized spacial score (nSPS) is 53.2. The minimum absolute atomic E-state index is 0.0447. The summed E-state index contributed by atoms with van der Waals surface area (Å²) in [4.78, 5) is 0. The van der Waals surface area contributed by atoms with Crippen LogP contribution in [0.4, 0.5) is 0 Å². The fourth-order valence-corrected chi connectivity index (χ4v) is 18.6. The van der Waals surface area contributed by atoms with Gasteiger partial charge in [0, 0.05) is 0 Å². The van der Waals surface area contributed by atoms with Crippen molar-refractivity contribution in [3.05, 3.63) is 11.6 Å². The summed E-state index contributed by atoms with van der Waals surface area (Å²) in [5.41, 5.74) is -2.09. The number of aliphatic hydroxyl groups excluding tert-OH is 19. The van der Waals surface area contributed by atoms with Crippen LogP contribution in [0.2, 0.25) is 0 Å². The molecular formula is C64H108O31. The third kappa shape index (κ3) is 14.0. The highest BCUT2D eigenvalue weighted by Gasteiger charge is 2.72. The fourth-order valence-electron chi connectivity index (χ4n) is 18.6. The number of fused-ring (bicyclic) bond motifs is 5. The van der Waals surface area contributed by atoms with Crippen molar-refractivity contribution < 1.29 is 154 Å². The standard InChI is InChI=1S/C64H108O31/c1-25(2)10-9-14-64(8,95-57-49(82)44(77)42(75)33(90-57)24-86-56-50(83)51(43(76)32(21-67)87-56)92-54-47(80)38(71)28(69)22-84-54)26-11-16-63(7)37(26)27(68)18-35-61(5)15-13-36(60(3,4)34(61)12-17-62(35,63)6)91-58-52(45(78)40(73)30(19-65)88-58)94-59-53(46(79)41(74)31(20-66)89-59)93-55-48(81)39(72)29(70)23-85-55/h10,26-59,65-83H,9,11-24H2,1-8H3/t26-,27+,28+,29+,30+,31+,32+,33+,34+,35+,36-,37-,38-,39-,40+,41+,42+,43+,44-,45-,46-,47+,48+,49+,50+,51-,52+,53+,54-,55-,56+,57-,58-,59-,61-,62+,63+,64-/m0/s1. The van der Waals surface area contributed by atoms with Crippen LogP contribution in [0, 0.1) is 45.3 Å². The maximum atomic E-state index is 13.0. The van der Waals surface area contributed by atoms with E-state index in [1.54, 1.807) is 0 Å². The third-order valence-electron chi connectivity index (χ3n) is 24.3. The van der Waals surface area contributed by atoms with E-state index in [0.717, 1.165) is 18.4 Å². The Labute approximate surface area is 551 Å². The summed E-state index contributed by atoms with van der Waals surface area (Å²) in [5, 5.41) is 208. The maximum absolute atomic E-state index is 13.0. The quantitative estimate of drug-likeness (QED) is 0.0400. The first-order valence-electron chi connectivity index (χ1n) is 33.7. The number of rotatable bonds is 20. The minimum Gasteiger partial charge on any atom is -0.394 e. The zero-order valence-electron chi connectivity index (χ0n) is 55.2. The van der Waals surface area contributed by atoms with Gasteiger partial charge in [0.2, 0.25) is 0 Å². The number of allylic oxidation sites excluding steroid dienone is 2. The van der Waals surface area contributed by atoms with E-state index in [1.807, 2.05) is 20.8 Å². The Morgan fingerprint density at radius 3 is 1.51 bits per heavy atom. The highest BCUT2D eigenvalue weighted by Crippen LogP contribution is 2.76. The van der Waals surface area contributed by atoms with Gasteiger partial charge in [-0.15, -0.1) is 0 Å². The van der Waals surface area contributed by atoms with Crippen molar-refractivity contribution in [1.82, 2.24) is 0 Å². The molecule has 31 heteroatoms. The molecule has 0 aromatic carbocycles. The molecule has 0 spiro atoms. The molecule has 0 aromatic rings. The minimum atomic E-state index is -1.90. The molecular weight excluding hydrogens is 1260 g/mol. The summed E-state index contributed by atoms with van der Waals surface area (Å²) in [6.45, 7) is 13.0. The van der Waals surface area contributed by atoms with E-state index in [2.05, 4.69) is 40.7 Å². The molecule has 6 saturated heterocycles. The predicted molar refractivity (Wildman–Crippen MR) is 319 cm³/mol. The maximum Gasteiger partial charge on any atom is 0.187 e. The largest absolute Gasteiger partial charge is 0.394 e. The van der Waals surface area contributed by atoms with Gasteiger partial charge < -0.3 is 154 Å². The van der Waals surface area contributed by atoms with Gasteiger partial charge in [0.15, 0.2) is 37.7 Å². The molecule has 0 radical (unpaired) electrons. The van der Waals surface area contributed by atoms with E-state index >= 15 is 0 Å². The van der Waals surface area contributed by atoms with Gasteiger partial charge in [-0.2, -0.15) is 0 Å². The summed E-state index contributed by atoms with van der Waals surface area (Å²) >= 11 is 0. The summed E-state index contributed by atoms with van der Waals surface area (Å²) in [5.74, 6) is -0.809. The Balaban J connectivity index is 0.851. The summed E-state index contributed by atoms with van der Waals surface area (Å²) < 4.78 is 72.7. The zero-order chi connectivity index (χ0) is 69.5. The molecule has 19 N–H and O–H groups in total. The van der Waals surface area contributed by atoms with Crippen LogP contribution in [0.3, 0.4) is 0 Å². The smallest absolute Gasteiger partial charge is 0.187 e. The number of hydrogen-bond acceptors (Lipinski definition) is 31. The Hall–Kier alpha value is -1.50. The molecule has 95 heavy (non-hydrogen) atoms. The molecule has 0 aromatic heterocycles. The first-order valence-corrected chi connectivity index (χ1v) is 33.7. The lowest BCUT2D eigenvalue weighted by molar-refractivity contribution is -0.395. The van der Waals surface area contributed by atoms with Crippen LogP contribution in [0.1, 0.15) is 113 Å². The third-order valence-corrected chi connectivity index (χ3v) is 24.3. The van der Waals surface area contributed by atoms with E-state index in [4.69, 9.17) is 56.8 Å². The van der Waals surface area contributed by atoms with Crippen molar-refractivity contribution >= 4 is 0 Å². The lowest BCUT2D eigenvalue weighted by atomic mass is 9.35. The monoisotopic (exact) mass is 1370 g/mol. The molecule has 38 atom stereocenters. The van der Waals surface area contributed by atoms with Gasteiger partial charge in [0.25, 0.3) is 0 Å². The average molecular weight is 1370 g/mol. The van der Waals surface area contributed by atoms with Gasteiger partial charge in [-0.1, -0.05) is 46.3 Å². The molecule has 10 aliphatic rings. The highest BCUT2D eigenvalue weighted by atomic mass is 16.8. The van der Waals surface area contributed by atoms with Gasteiger partial charge in [0.05, 0.1) is 57.5 Å². The second-order valence-electron chi connectivity index (χ2n) is 30.5. The molecule has 0 bridgehead atoms. The van der Waals surface area contributed by atoms with E-state index in [0.29, 0.717) is 44.9 Å². The lowest BCUT2D eigenvalue weighted by Crippen LogP contribution is -2.68. The molecule has 0 unspecified atom stereocenters. The molecule has 10 rings (SSSR count). The van der Waals surface area contributed by atoms with E-state index in [1.165, 1.54) is 0 Å². The van der Waals surface area contributed by atoms with Crippen molar-refractivity contribution in [1.29, 1.82) is 0 Å². The summed E-state index contributed by atoms with van der Waals surface area (Å²) in [6, 6.07) is 0. The highest BCUT2D eigenvalue weighted by molar-refractivity contribution is 5.21. The fraction of sp³-hybridized carbons (Fsp3) is 0.969. The Kier molecular flexibility index (Phi) is 23.8. The average Bonchev–Trinajstić information content (AvgIpc) is 1.67. The molecule has 6 heterocycles. The van der Waals surface area contributed by atoms with E-state index in [-0.39, 0.29) is 29.1 Å². The first kappa shape index (κ1) is 76.1. The van der Waals surface area contributed by atoms with Crippen LogP contribution in [0.5, 0.6) is 0 Å². The van der Waals surface area contributed by atoms with Crippen LogP contribution >= 0.6 is 0 Å². The Bertz CT molecular complexity index is 2540. The van der Waals surface area contributed by atoms with Gasteiger partial charge in [-0.05, 0) is 124 Å². The van der Waals surface area contributed by atoms with Crippen LogP contribution in [-0.4, -0.2) is 327 Å². The molecule has 4 saturated carbocycles. The van der Waals surface area contributed by atoms with Crippen molar-refractivity contribution in [2.75, 3.05) is 39.6 Å². The number of hydrogen-bond donors (Lipinski definition) is 19. The molecule has 6 aliphatic heterocycles. The van der Waals surface area contributed by atoms with E-state index < -0.39 is 246 Å². The first-order chi connectivity index (χ1) is 44.6. The molecule has 4 aliphatic carbocycles.